The molecule has 1 heterocycles. The van der Waals surface area contributed by atoms with Gasteiger partial charge < -0.3 is 11.1 Å². The van der Waals surface area contributed by atoms with Crippen LogP contribution in [0, 0.1) is 0 Å². The van der Waals surface area contributed by atoms with Gasteiger partial charge in [0.2, 0.25) is 5.91 Å². The molecule has 166 valence electrons. The summed E-state index contributed by atoms with van der Waals surface area (Å²) in [5.41, 5.74) is 6.56. The summed E-state index contributed by atoms with van der Waals surface area (Å²) in [5, 5.41) is 7.66. The summed E-state index contributed by atoms with van der Waals surface area (Å²) < 4.78 is 0.986. The molecule has 0 aliphatic heterocycles. The molecule has 0 spiro atoms. The van der Waals surface area contributed by atoms with Crippen molar-refractivity contribution < 1.29 is 9.59 Å². The number of carbonyl (C=O) groups is 2. The molecule has 0 aliphatic carbocycles. The van der Waals surface area contributed by atoms with Crippen LogP contribution in [-0.2, 0) is 16.8 Å². The topological polar surface area (TPSA) is 107 Å². The fourth-order valence-corrected chi connectivity index (χ4v) is 3.97. The Balaban J connectivity index is 1.61. The van der Waals surface area contributed by atoms with Crippen LogP contribution < -0.4 is 16.6 Å². The first kappa shape index (κ1) is 22.0. The van der Waals surface area contributed by atoms with E-state index >= 15 is 0 Å². The Labute approximate surface area is 190 Å². The van der Waals surface area contributed by atoms with E-state index in [4.69, 9.17) is 5.73 Å². The molecule has 0 atom stereocenters. The van der Waals surface area contributed by atoms with Crippen LogP contribution >= 0.6 is 0 Å². The summed E-state index contributed by atoms with van der Waals surface area (Å²) in [6, 6.07) is 26.4. The van der Waals surface area contributed by atoms with Crippen molar-refractivity contribution in [1.29, 1.82) is 0 Å². The molecular formula is C26H24N4O3. The van der Waals surface area contributed by atoms with Gasteiger partial charge in [0.25, 0.3) is 11.5 Å². The van der Waals surface area contributed by atoms with E-state index in [1.165, 1.54) is 0 Å². The van der Waals surface area contributed by atoms with Crippen molar-refractivity contribution in [2.45, 2.75) is 18.9 Å². The zero-order valence-corrected chi connectivity index (χ0v) is 18.2. The quantitative estimate of drug-likeness (QED) is 0.461. The smallest absolute Gasteiger partial charge is 0.275 e. The molecule has 1 aromatic heterocycles. The minimum Gasteiger partial charge on any atom is -0.364 e. The normalized spacial score (nSPS) is 11.3. The number of benzene rings is 3. The van der Waals surface area contributed by atoms with Crippen molar-refractivity contribution in [3.8, 4) is 0 Å². The molecule has 4 aromatic rings. The van der Waals surface area contributed by atoms with Crippen molar-refractivity contribution in [2.75, 3.05) is 6.54 Å². The maximum atomic E-state index is 12.9. The van der Waals surface area contributed by atoms with Crippen LogP contribution in [0.4, 0.5) is 0 Å². The van der Waals surface area contributed by atoms with E-state index in [1.54, 1.807) is 24.3 Å². The van der Waals surface area contributed by atoms with Crippen molar-refractivity contribution in [3.63, 3.8) is 0 Å². The summed E-state index contributed by atoms with van der Waals surface area (Å²) in [6.07, 6.45) is 0. The molecule has 33 heavy (non-hydrogen) atoms. The average molecular weight is 441 g/mol. The molecule has 0 saturated carbocycles. The van der Waals surface area contributed by atoms with Crippen LogP contribution in [-0.4, -0.2) is 28.1 Å². The summed E-state index contributed by atoms with van der Waals surface area (Å²) in [4.78, 5) is 37.6. The van der Waals surface area contributed by atoms with Crippen LogP contribution in [0.5, 0.6) is 0 Å². The van der Waals surface area contributed by atoms with Gasteiger partial charge in [-0.15, -0.1) is 0 Å². The lowest BCUT2D eigenvalue weighted by atomic mass is 9.76. The van der Waals surface area contributed by atoms with E-state index in [9.17, 15) is 14.4 Å². The fraction of sp³-hybridized carbons (Fsp3) is 0.154. The van der Waals surface area contributed by atoms with Crippen LogP contribution in [0.15, 0.2) is 89.7 Å². The largest absolute Gasteiger partial charge is 0.364 e. The summed E-state index contributed by atoms with van der Waals surface area (Å²) >= 11 is 0. The standard InChI is InChI=1S/C26H24N4O3/c1-26(18-10-4-2-5-11-18,19-12-6-3-7-13-19)17-28-22(31)16-30-25(33)21-15-9-8-14-20(21)23(29-30)24(27)32/h2-15H,16-17H2,1H3,(H2,27,32)(H,28,31). The highest BCUT2D eigenvalue weighted by Crippen LogP contribution is 2.31. The third-order valence-corrected chi connectivity index (χ3v) is 5.86. The lowest BCUT2D eigenvalue weighted by molar-refractivity contribution is -0.122. The molecule has 7 nitrogen and oxygen atoms in total. The van der Waals surface area contributed by atoms with E-state index < -0.39 is 22.8 Å². The van der Waals surface area contributed by atoms with E-state index in [0.29, 0.717) is 11.9 Å². The maximum absolute atomic E-state index is 12.9. The SMILES string of the molecule is CC(CNC(=O)Cn1nc(C(N)=O)c2ccccc2c1=O)(c1ccccc1)c1ccccc1. The van der Waals surface area contributed by atoms with Gasteiger partial charge in [-0.05, 0) is 24.1 Å². The fourth-order valence-electron chi connectivity index (χ4n) is 3.97. The van der Waals surface area contributed by atoms with Crippen LogP contribution in [0.3, 0.4) is 0 Å². The number of rotatable bonds is 7. The zero-order valence-electron chi connectivity index (χ0n) is 18.2. The molecule has 0 radical (unpaired) electrons. The van der Waals surface area contributed by atoms with Crippen LogP contribution in [0.2, 0.25) is 0 Å². The van der Waals surface area contributed by atoms with Crippen molar-refractivity contribution in [3.05, 3.63) is 112 Å². The molecule has 0 aliphatic rings. The van der Waals surface area contributed by atoms with Gasteiger partial charge in [0.15, 0.2) is 5.69 Å². The maximum Gasteiger partial charge on any atom is 0.275 e. The lowest BCUT2D eigenvalue weighted by Crippen LogP contribution is -2.42. The Hall–Kier alpha value is -4.26. The van der Waals surface area contributed by atoms with E-state index in [-0.39, 0.29) is 17.6 Å². The average Bonchev–Trinajstić information content (AvgIpc) is 2.85. The number of primary amides is 1. The first-order valence-electron chi connectivity index (χ1n) is 10.6. The number of nitrogens with one attached hydrogen (secondary N) is 1. The monoisotopic (exact) mass is 440 g/mol. The Bertz CT molecular complexity index is 1330. The molecule has 3 N–H and O–H groups in total. The third-order valence-electron chi connectivity index (χ3n) is 5.86. The van der Waals surface area contributed by atoms with Gasteiger partial charge in [-0.3, -0.25) is 14.4 Å². The number of carbonyl (C=O) groups excluding carboxylic acids is 2. The highest BCUT2D eigenvalue weighted by molar-refractivity contribution is 6.04. The predicted molar refractivity (Wildman–Crippen MR) is 127 cm³/mol. The first-order valence-corrected chi connectivity index (χ1v) is 10.6. The number of hydrogen-bond donors (Lipinski definition) is 2. The lowest BCUT2D eigenvalue weighted by Gasteiger charge is -2.31. The minimum atomic E-state index is -0.763. The molecular weight excluding hydrogens is 416 g/mol. The van der Waals surface area contributed by atoms with Gasteiger partial charge in [0.05, 0.1) is 5.39 Å². The Morgan fingerprint density at radius 2 is 1.39 bits per heavy atom. The number of nitrogens with two attached hydrogens (primary N) is 1. The summed E-state index contributed by atoms with van der Waals surface area (Å²) in [6.45, 7) is 2.04. The third kappa shape index (κ3) is 4.39. The zero-order chi connectivity index (χ0) is 23.4. The van der Waals surface area contributed by atoms with Gasteiger partial charge in [0, 0.05) is 17.3 Å². The molecule has 7 heteroatoms. The van der Waals surface area contributed by atoms with Crippen LogP contribution in [0.25, 0.3) is 10.8 Å². The first-order chi connectivity index (χ1) is 15.9. The number of nitrogens with zero attached hydrogens (tertiary/aromatic N) is 2. The number of amides is 2. The van der Waals surface area contributed by atoms with E-state index in [2.05, 4.69) is 17.3 Å². The van der Waals surface area contributed by atoms with Crippen molar-refractivity contribution >= 4 is 22.6 Å². The highest BCUT2D eigenvalue weighted by Gasteiger charge is 2.29. The van der Waals surface area contributed by atoms with Crippen molar-refractivity contribution in [1.82, 2.24) is 15.1 Å². The molecule has 0 bridgehead atoms. The van der Waals surface area contributed by atoms with Gasteiger partial charge in [-0.1, -0.05) is 78.9 Å². The number of aromatic nitrogens is 2. The Kier molecular flexibility index (Phi) is 6.04. The molecule has 0 unspecified atom stereocenters. The Morgan fingerprint density at radius 3 is 1.94 bits per heavy atom. The molecule has 2 amide bonds. The van der Waals surface area contributed by atoms with Gasteiger partial charge in [0.1, 0.15) is 6.54 Å². The second kappa shape index (κ2) is 9.08. The summed E-state index contributed by atoms with van der Waals surface area (Å²) in [5.74, 6) is -1.16. The second-order valence-corrected chi connectivity index (χ2v) is 8.06. The predicted octanol–water partition coefficient (Wildman–Crippen LogP) is 2.62. The van der Waals surface area contributed by atoms with Crippen LogP contribution in [0.1, 0.15) is 28.5 Å². The van der Waals surface area contributed by atoms with Crippen molar-refractivity contribution in [2.24, 2.45) is 5.73 Å². The van der Waals surface area contributed by atoms with Gasteiger partial charge in [-0.2, -0.15) is 5.10 Å². The Morgan fingerprint density at radius 1 is 0.879 bits per heavy atom. The summed E-state index contributed by atoms with van der Waals surface area (Å²) in [7, 11) is 0. The minimum absolute atomic E-state index is 0.0450. The molecule has 0 fully saturated rings. The van der Waals surface area contributed by atoms with Gasteiger partial charge >= 0.3 is 0 Å². The molecule has 3 aromatic carbocycles. The highest BCUT2D eigenvalue weighted by atomic mass is 16.2. The van der Waals surface area contributed by atoms with Gasteiger partial charge in [-0.25, -0.2) is 4.68 Å². The molecule has 0 saturated heterocycles. The number of fused-ring (bicyclic) bond motifs is 1. The van der Waals surface area contributed by atoms with E-state index in [0.717, 1.165) is 15.8 Å². The number of hydrogen-bond acceptors (Lipinski definition) is 4. The second-order valence-electron chi connectivity index (χ2n) is 8.06. The molecule has 4 rings (SSSR count). The van der Waals surface area contributed by atoms with E-state index in [1.807, 2.05) is 60.7 Å².